The van der Waals surface area contributed by atoms with Gasteiger partial charge in [0, 0.05) is 18.0 Å². The number of anilines is 2. The van der Waals surface area contributed by atoms with Gasteiger partial charge in [0.15, 0.2) is 0 Å². The van der Waals surface area contributed by atoms with Gasteiger partial charge in [-0.25, -0.2) is 0 Å². The van der Waals surface area contributed by atoms with Crippen molar-refractivity contribution in [2.24, 2.45) is 0 Å². The molecule has 0 spiro atoms. The Kier molecular flexibility index (Phi) is 3.66. The lowest BCUT2D eigenvalue weighted by Gasteiger charge is -2.09. The first kappa shape index (κ1) is 12.9. The van der Waals surface area contributed by atoms with E-state index in [1.54, 1.807) is 19.1 Å². The summed E-state index contributed by atoms with van der Waals surface area (Å²) in [4.78, 5) is 23.5. The van der Waals surface area contributed by atoms with Crippen LogP contribution in [0.15, 0.2) is 47.4 Å². The molecule has 1 heterocycles. The summed E-state index contributed by atoms with van der Waals surface area (Å²) < 4.78 is 1.29. The molecule has 0 atom stereocenters. The first-order valence-electron chi connectivity index (χ1n) is 5.88. The fourth-order valence-electron chi connectivity index (χ4n) is 1.69. The highest BCUT2D eigenvalue weighted by Crippen LogP contribution is 2.07. The number of pyridine rings is 1. The first-order chi connectivity index (χ1) is 9.06. The summed E-state index contributed by atoms with van der Waals surface area (Å²) in [7, 11) is 0. The zero-order valence-electron chi connectivity index (χ0n) is 10.6. The van der Waals surface area contributed by atoms with Crippen LogP contribution in [0.5, 0.6) is 0 Å². The summed E-state index contributed by atoms with van der Waals surface area (Å²) >= 11 is 0. The topological polar surface area (TPSA) is 77.1 Å². The molecule has 2 aromatic rings. The smallest absolute Gasteiger partial charge is 0.251 e. The van der Waals surface area contributed by atoms with Crippen molar-refractivity contribution in [3.8, 4) is 0 Å². The average molecular weight is 257 g/mol. The van der Waals surface area contributed by atoms with Crippen molar-refractivity contribution in [3.05, 3.63) is 58.5 Å². The summed E-state index contributed by atoms with van der Waals surface area (Å²) in [5.41, 5.74) is 7.39. The van der Waals surface area contributed by atoms with Crippen LogP contribution in [-0.4, -0.2) is 10.5 Å². The molecule has 0 aliphatic heterocycles. The molecule has 0 aliphatic carbocycles. The minimum absolute atomic E-state index is 0.0573. The Bertz CT molecular complexity index is 647. The predicted molar refractivity (Wildman–Crippen MR) is 74.9 cm³/mol. The van der Waals surface area contributed by atoms with E-state index in [1.807, 2.05) is 18.2 Å². The number of nitrogens with two attached hydrogens (primary N) is 1. The zero-order chi connectivity index (χ0) is 13.8. The third-order valence-corrected chi connectivity index (χ3v) is 2.74. The van der Waals surface area contributed by atoms with Gasteiger partial charge < -0.3 is 15.6 Å². The molecule has 3 N–H and O–H groups in total. The number of amides is 1. The Hall–Kier alpha value is -2.56. The van der Waals surface area contributed by atoms with Crippen LogP contribution in [0.25, 0.3) is 0 Å². The highest BCUT2D eigenvalue weighted by Gasteiger charge is 2.06. The number of nitrogens with zero attached hydrogens (tertiary/aromatic N) is 1. The maximum Gasteiger partial charge on any atom is 0.251 e. The quantitative estimate of drug-likeness (QED) is 0.872. The van der Waals surface area contributed by atoms with Crippen molar-refractivity contribution in [1.82, 2.24) is 4.57 Å². The van der Waals surface area contributed by atoms with Crippen LogP contribution in [0, 0.1) is 6.92 Å². The van der Waals surface area contributed by atoms with E-state index in [0.717, 1.165) is 0 Å². The highest BCUT2D eigenvalue weighted by atomic mass is 16.2. The fraction of sp³-hybridized carbons (Fsp3) is 0.143. The predicted octanol–water partition coefficient (Wildman–Crippen LogP) is 1.38. The minimum atomic E-state index is -0.267. The molecule has 0 radical (unpaired) electrons. The van der Waals surface area contributed by atoms with E-state index in [2.05, 4.69) is 5.32 Å². The van der Waals surface area contributed by atoms with Crippen LogP contribution in [0.3, 0.4) is 0 Å². The van der Waals surface area contributed by atoms with E-state index in [-0.39, 0.29) is 18.0 Å². The lowest BCUT2D eigenvalue weighted by atomic mass is 10.2. The van der Waals surface area contributed by atoms with Crippen LogP contribution >= 0.6 is 0 Å². The molecular formula is C14H15N3O2. The van der Waals surface area contributed by atoms with Crippen LogP contribution in [0.1, 0.15) is 5.56 Å². The Morgan fingerprint density at radius 1 is 1.32 bits per heavy atom. The second-order valence-electron chi connectivity index (χ2n) is 4.29. The first-order valence-corrected chi connectivity index (χ1v) is 5.88. The van der Waals surface area contributed by atoms with E-state index in [0.29, 0.717) is 16.9 Å². The monoisotopic (exact) mass is 257 g/mol. The van der Waals surface area contributed by atoms with Gasteiger partial charge in [0.05, 0.1) is 5.69 Å². The van der Waals surface area contributed by atoms with E-state index in [9.17, 15) is 9.59 Å². The maximum absolute atomic E-state index is 11.8. The van der Waals surface area contributed by atoms with Crippen molar-refractivity contribution in [2.45, 2.75) is 13.5 Å². The van der Waals surface area contributed by atoms with E-state index >= 15 is 0 Å². The van der Waals surface area contributed by atoms with Crippen LogP contribution in [0.4, 0.5) is 11.4 Å². The standard InChI is InChI=1S/C14H15N3O2/c1-10-7-14(19)17(8-12(10)15)9-13(18)16-11-5-3-2-4-6-11/h2-8H,9,15H2,1H3,(H,16,18). The Balaban J connectivity index is 2.12. The van der Waals surface area contributed by atoms with Crippen LogP contribution < -0.4 is 16.6 Å². The normalized spacial score (nSPS) is 10.2. The van der Waals surface area contributed by atoms with Crippen molar-refractivity contribution < 1.29 is 4.79 Å². The van der Waals surface area contributed by atoms with Crippen molar-refractivity contribution >= 4 is 17.3 Å². The van der Waals surface area contributed by atoms with E-state index < -0.39 is 0 Å². The number of hydrogen-bond acceptors (Lipinski definition) is 3. The molecule has 0 saturated carbocycles. The highest BCUT2D eigenvalue weighted by molar-refractivity contribution is 5.90. The summed E-state index contributed by atoms with van der Waals surface area (Å²) in [5.74, 6) is -0.267. The molecule has 1 amide bonds. The number of benzene rings is 1. The molecule has 1 aromatic heterocycles. The largest absolute Gasteiger partial charge is 0.397 e. The number of carbonyl (C=O) groups is 1. The molecule has 2 rings (SSSR count). The average Bonchev–Trinajstić information content (AvgIpc) is 2.37. The molecule has 0 saturated heterocycles. The number of nitrogens with one attached hydrogen (secondary N) is 1. The number of para-hydroxylation sites is 1. The SMILES string of the molecule is Cc1cc(=O)n(CC(=O)Nc2ccccc2)cc1N. The Morgan fingerprint density at radius 3 is 2.68 bits per heavy atom. The molecule has 19 heavy (non-hydrogen) atoms. The van der Waals surface area contributed by atoms with Crippen LogP contribution in [0.2, 0.25) is 0 Å². The minimum Gasteiger partial charge on any atom is -0.397 e. The molecule has 0 aliphatic rings. The van der Waals surface area contributed by atoms with Crippen molar-refractivity contribution in [3.63, 3.8) is 0 Å². The van der Waals surface area contributed by atoms with Gasteiger partial charge in [-0.1, -0.05) is 18.2 Å². The fourth-order valence-corrected chi connectivity index (χ4v) is 1.69. The number of carbonyl (C=O) groups excluding carboxylic acids is 1. The van der Waals surface area contributed by atoms with Gasteiger partial charge in [-0.05, 0) is 24.6 Å². The summed E-state index contributed by atoms with van der Waals surface area (Å²) in [5, 5.41) is 2.71. The molecule has 1 aromatic carbocycles. The summed E-state index contributed by atoms with van der Waals surface area (Å²) in [6.45, 7) is 1.70. The number of aryl methyl sites for hydroxylation is 1. The second kappa shape index (κ2) is 5.39. The summed E-state index contributed by atoms with van der Waals surface area (Å²) in [6, 6.07) is 10.5. The van der Waals surface area contributed by atoms with Gasteiger partial charge in [-0.2, -0.15) is 0 Å². The van der Waals surface area contributed by atoms with Gasteiger partial charge in [0.1, 0.15) is 6.54 Å². The maximum atomic E-state index is 11.8. The molecular weight excluding hydrogens is 242 g/mol. The van der Waals surface area contributed by atoms with Crippen molar-refractivity contribution in [1.29, 1.82) is 0 Å². The van der Waals surface area contributed by atoms with Gasteiger partial charge in [0.25, 0.3) is 5.56 Å². The third-order valence-electron chi connectivity index (χ3n) is 2.74. The van der Waals surface area contributed by atoms with Crippen molar-refractivity contribution in [2.75, 3.05) is 11.1 Å². The van der Waals surface area contributed by atoms with Gasteiger partial charge in [0.2, 0.25) is 5.91 Å². The van der Waals surface area contributed by atoms with Gasteiger partial charge in [-0.3, -0.25) is 9.59 Å². The molecule has 5 nitrogen and oxygen atoms in total. The third kappa shape index (κ3) is 3.22. The number of aromatic nitrogens is 1. The van der Waals surface area contributed by atoms with Crippen LogP contribution in [-0.2, 0) is 11.3 Å². The lowest BCUT2D eigenvalue weighted by molar-refractivity contribution is -0.116. The summed E-state index contributed by atoms with van der Waals surface area (Å²) in [6.07, 6.45) is 1.49. The van der Waals surface area contributed by atoms with Gasteiger partial charge >= 0.3 is 0 Å². The Labute approximate surface area is 110 Å². The number of rotatable bonds is 3. The molecule has 98 valence electrons. The molecule has 5 heteroatoms. The number of nitrogen functional groups attached to an aromatic ring is 1. The van der Waals surface area contributed by atoms with Gasteiger partial charge in [-0.15, -0.1) is 0 Å². The lowest BCUT2D eigenvalue weighted by Crippen LogP contribution is -2.27. The second-order valence-corrected chi connectivity index (χ2v) is 4.29. The van der Waals surface area contributed by atoms with E-state index in [1.165, 1.54) is 16.8 Å². The number of hydrogen-bond donors (Lipinski definition) is 2. The Morgan fingerprint density at radius 2 is 2.00 bits per heavy atom. The molecule has 0 fully saturated rings. The van der Waals surface area contributed by atoms with E-state index in [4.69, 9.17) is 5.73 Å². The molecule has 0 bridgehead atoms. The molecule has 0 unspecified atom stereocenters. The zero-order valence-corrected chi connectivity index (χ0v) is 10.6.